The van der Waals surface area contributed by atoms with E-state index in [1.54, 1.807) is 24.3 Å². The van der Waals surface area contributed by atoms with Gasteiger partial charge in [-0.25, -0.2) is 0 Å². The van der Waals surface area contributed by atoms with E-state index in [0.717, 1.165) is 11.1 Å². The number of rotatable bonds is 5. The van der Waals surface area contributed by atoms with E-state index in [9.17, 15) is 9.59 Å². The molecule has 0 radical (unpaired) electrons. The highest BCUT2D eigenvalue weighted by atomic mass is 16.2. The van der Waals surface area contributed by atoms with Crippen LogP contribution in [-0.4, -0.2) is 11.8 Å². The predicted molar refractivity (Wildman–Crippen MR) is 87.4 cm³/mol. The fraction of sp³-hybridized carbons (Fsp3) is 0.167. The fourth-order valence-electron chi connectivity index (χ4n) is 2.09. The number of benzene rings is 2. The molecular weight excluding hydrogens is 290 g/mol. The van der Waals surface area contributed by atoms with Gasteiger partial charge in [0, 0.05) is 6.54 Å². The van der Waals surface area contributed by atoms with E-state index in [1.807, 2.05) is 37.3 Å². The summed E-state index contributed by atoms with van der Waals surface area (Å²) in [5, 5.41) is 14.3. The van der Waals surface area contributed by atoms with E-state index in [1.165, 1.54) is 0 Å². The second-order valence-electron chi connectivity index (χ2n) is 5.09. The van der Waals surface area contributed by atoms with Crippen molar-refractivity contribution in [1.29, 1.82) is 5.26 Å². The van der Waals surface area contributed by atoms with Gasteiger partial charge in [0.15, 0.2) is 0 Å². The minimum absolute atomic E-state index is 0.286. The van der Waals surface area contributed by atoms with E-state index in [-0.39, 0.29) is 12.3 Å². The third kappa shape index (κ3) is 4.68. The zero-order valence-electron chi connectivity index (χ0n) is 12.8. The SMILES string of the molecule is Cc1ccccc1CNC(=O)CC(=O)Nc1ccccc1C#N. The van der Waals surface area contributed by atoms with Crippen LogP contribution in [0.1, 0.15) is 23.1 Å². The molecule has 0 bridgehead atoms. The molecule has 2 amide bonds. The zero-order chi connectivity index (χ0) is 16.7. The highest BCUT2D eigenvalue weighted by Gasteiger charge is 2.11. The Hall–Kier alpha value is -3.13. The molecular formula is C18H17N3O2. The van der Waals surface area contributed by atoms with Crippen molar-refractivity contribution in [2.45, 2.75) is 19.9 Å². The van der Waals surface area contributed by atoms with Crippen molar-refractivity contribution in [1.82, 2.24) is 5.32 Å². The molecule has 2 aromatic rings. The molecule has 2 rings (SSSR count). The second kappa shape index (κ2) is 7.76. The summed E-state index contributed by atoms with van der Waals surface area (Å²) in [6, 6.07) is 16.4. The highest BCUT2D eigenvalue weighted by Crippen LogP contribution is 2.13. The van der Waals surface area contributed by atoms with E-state index in [4.69, 9.17) is 5.26 Å². The Bertz CT molecular complexity index is 763. The Morgan fingerprint density at radius 2 is 1.74 bits per heavy atom. The van der Waals surface area contributed by atoms with E-state index in [2.05, 4.69) is 10.6 Å². The van der Waals surface area contributed by atoms with Crippen LogP contribution in [0.5, 0.6) is 0 Å². The normalized spacial score (nSPS) is 9.74. The summed E-state index contributed by atoms with van der Waals surface area (Å²) >= 11 is 0. The second-order valence-corrected chi connectivity index (χ2v) is 5.09. The van der Waals surface area contributed by atoms with Crippen LogP contribution in [0.15, 0.2) is 48.5 Å². The summed E-state index contributed by atoms with van der Waals surface area (Å²) in [6.45, 7) is 2.35. The fourth-order valence-corrected chi connectivity index (χ4v) is 2.09. The first-order valence-corrected chi connectivity index (χ1v) is 7.20. The van der Waals surface area contributed by atoms with Gasteiger partial charge in [-0.3, -0.25) is 9.59 Å². The Labute approximate surface area is 134 Å². The molecule has 2 N–H and O–H groups in total. The van der Waals surface area contributed by atoms with Crippen LogP contribution >= 0.6 is 0 Å². The van der Waals surface area contributed by atoms with Gasteiger partial charge in [0.1, 0.15) is 12.5 Å². The maximum atomic E-state index is 11.9. The lowest BCUT2D eigenvalue weighted by molar-refractivity contribution is -0.126. The van der Waals surface area contributed by atoms with E-state index >= 15 is 0 Å². The van der Waals surface area contributed by atoms with Crippen molar-refractivity contribution >= 4 is 17.5 Å². The molecule has 0 spiro atoms. The molecule has 116 valence electrons. The van der Waals surface area contributed by atoms with Crippen molar-refractivity contribution in [3.8, 4) is 6.07 Å². The lowest BCUT2D eigenvalue weighted by Crippen LogP contribution is -2.28. The number of hydrogen-bond acceptors (Lipinski definition) is 3. The smallest absolute Gasteiger partial charge is 0.233 e. The topological polar surface area (TPSA) is 82.0 Å². The average Bonchev–Trinajstić information content (AvgIpc) is 2.54. The maximum absolute atomic E-state index is 11.9. The van der Waals surface area contributed by atoms with Gasteiger partial charge >= 0.3 is 0 Å². The number of amides is 2. The summed E-state index contributed by atoms with van der Waals surface area (Å²) in [7, 11) is 0. The summed E-state index contributed by atoms with van der Waals surface area (Å²) in [5.74, 6) is -0.810. The number of anilines is 1. The van der Waals surface area contributed by atoms with Gasteiger partial charge in [-0.2, -0.15) is 5.26 Å². The molecule has 5 heteroatoms. The Morgan fingerprint density at radius 3 is 2.48 bits per heavy atom. The van der Waals surface area contributed by atoms with Crippen molar-refractivity contribution in [3.05, 3.63) is 65.2 Å². The minimum atomic E-state index is -0.449. The Kier molecular flexibility index (Phi) is 5.48. The van der Waals surface area contributed by atoms with Crippen LogP contribution < -0.4 is 10.6 Å². The molecule has 0 unspecified atom stereocenters. The van der Waals surface area contributed by atoms with Gasteiger partial charge in [-0.15, -0.1) is 0 Å². The first-order valence-electron chi connectivity index (χ1n) is 7.20. The Balaban J connectivity index is 1.87. The number of nitriles is 1. The maximum Gasteiger partial charge on any atom is 0.233 e. The molecule has 23 heavy (non-hydrogen) atoms. The molecule has 0 fully saturated rings. The molecule has 0 atom stereocenters. The van der Waals surface area contributed by atoms with Gasteiger partial charge in [0.05, 0.1) is 11.3 Å². The van der Waals surface area contributed by atoms with Gasteiger partial charge in [0.2, 0.25) is 11.8 Å². The number of carbonyl (C=O) groups excluding carboxylic acids is 2. The van der Waals surface area contributed by atoms with Crippen molar-refractivity contribution in [3.63, 3.8) is 0 Å². The van der Waals surface area contributed by atoms with Crippen LogP contribution in [0.2, 0.25) is 0 Å². The highest BCUT2D eigenvalue weighted by molar-refractivity contribution is 6.04. The van der Waals surface area contributed by atoms with Crippen molar-refractivity contribution in [2.75, 3.05) is 5.32 Å². The van der Waals surface area contributed by atoms with Crippen molar-refractivity contribution in [2.24, 2.45) is 0 Å². The van der Waals surface area contributed by atoms with Crippen LogP contribution in [-0.2, 0) is 16.1 Å². The van der Waals surface area contributed by atoms with Crippen LogP contribution in [0.25, 0.3) is 0 Å². The molecule has 0 heterocycles. The molecule has 0 saturated carbocycles. The first kappa shape index (κ1) is 16.2. The van der Waals surface area contributed by atoms with E-state index in [0.29, 0.717) is 17.8 Å². The molecule has 0 saturated heterocycles. The lowest BCUT2D eigenvalue weighted by Gasteiger charge is -2.09. The number of nitrogens with one attached hydrogen (secondary N) is 2. The van der Waals surface area contributed by atoms with Gasteiger partial charge in [-0.05, 0) is 30.2 Å². The zero-order valence-corrected chi connectivity index (χ0v) is 12.8. The first-order chi connectivity index (χ1) is 11.1. The van der Waals surface area contributed by atoms with Gasteiger partial charge < -0.3 is 10.6 Å². The quantitative estimate of drug-likeness (QED) is 0.833. The van der Waals surface area contributed by atoms with Gasteiger partial charge in [-0.1, -0.05) is 36.4 Å². The standard InChI is InChI=1S/C18H17N3O2/c1-13-6-2-3-8-15(13)12-20-17(22)10-18(23)21-16-9-5-4-7-14(16)11-19/h2-9H,10,12H2,1H3,(H,20,22)(H,21,23). The molecule has 0 aliphatic heterocycles. The molecule has 0 aliphatic carbocycles. The van der Waals surface area contributed by atoms with E-state index < -0.39 is 5.91 Å². The average molecular weight is 307 g/mol. The number of nitrogens with zero attached hydrogens (tertiary/aromatic N) is 1. The predicted octanol–water partition coefficient (Wildman–Crippen LogP) is 2.51. The molecule has 0 aliphatic rings. The summed E-state index contributed by atoms with van der Waals surface area (Å²) < 4.78 is 0. The van der Waals surface area contributed by atoms with Crippen LogP contribution in [0.4, 0.5) is 5.69 Å². The third-order valence-electron chi connectivity index (χ3n) is 3.38. The largest absolute Gasteiger partial charge is 0.352 e. The lowest BCUT2D eigenvalue weighted by atomic mass is 10.1. The summed E-state index contributed by atoms with van der Waals surface area (Å²) in [5.41, 5.74) is 2.86. The monoisotopic (exact) mass is 307 g/mol. The molecule has 0 aromatic heterocycles. The van der Waals surface area contributed by atoms with Crippen LogP contribution in [0, 0.1) is 18.3 Å². The summed E-state index contributed by atoms with van der Waals surface area (Å²) in [4.78, 5) is 23.7. The molecule has 2 aromatic carbocycles. The number of aryl methyl sites for hydroxylation is 1. The number of para-hydroxylation sites is 1. The van der Waals surface area contributed by atoms with Crippen molar-refractivity contribution < 1.29 is 9.59 Å². The minimum Gasteiger partial charge on any atom is -0.352 e. The third-order valence-corrected chi connectivity index (χ3v) is 3.38. The Morgan fingerprint density at radius 1 is 1.04 bits per heavy atom. The number of hydrogen-bond donors (Lipinski definition) is 2. The molecule has 5 nitrogen and oxygen atoms in total. The van der Waals surface area contributed by atoms with Gasteiger partial charge in [0.25, 0.3) is 0 Å². The van der Waals surface area contributed by atoms with Crippen LogP contribution in [0.3, 0.4) is 0 Å². The number of carbonyl (C=O) groups is 2. The summed E-state index contributed by atoms with van der Waals surface area (Å²) in [6.07, 6.45) is -0.286.